The summed E-state index contributed by atoms with van der Waals surface area (Å²) in [5.41, 5.74) is 1.70. The third-order valence-electron chi connectivity index (χ3n) is 6.32. The Kier molecular flexibility index (Phi) is 6.42. The average Bonchev–Trinajstić information content (AvgIpc) is 3.15. The van der Waals surface area contributed by atoms with Gasteiger partial charge in [-0.2, -0.15) is 5.10 Å². The molecule has 2 atom stereocenters. The Bertz CT molecular complexity index is 732. The predicted molar refractivity (Wildman–Crippen MR) is 112 cm³/mol. The molecule has 4 rings (SSSR count). The minimum absolute atomic E-state index is 0.0554. The Balaban J connectivity index is 1.37. The predicted octanol–water partition coefficient (Wildman–Crippen LogP) is 4.04. The number of likely N-dealkylation sites (tertiary alicyclic amines) is 1. The minimum atomic E-state index is 0.0554. The summed E-state index contributed by atoms with van der Waals surface area (Å²) < 4.78 is 1.81. The summed E-state index contributed by atoms with van der Waals surface area (Å²) in [5.74, 6) is 0.638. The van der Waals surface area contributed by atoms with Crippen molar-refractivity contribution in [2.75, 3.05) is 19.6 Å². The van der Waals surface area contributed by atoms with E-state index in [1.165, 1.54) is 58.0 Å². The van der Waals surface area contributed by atoms with Gasteiger partial charge in [-0.1, -0.05) is 25.7 Å². The second-order valence-electron chi connectivity index (χ2n) is 8.34. The molecule has 2 heterocycles. The van der Waals surface area contributed by atoms with Crippen molar-refractivity contribution in [1.29, 1.82) is 0 Å². The van der Waals surface area contributed by atoms with E-state index >= 15 is 0 Å². The van der Waals surface area contributed by atoms with Crippen LogP contribution < -0.4 is 5.32 Å². The van der Waals surface area contributed by atoms with Crippen LogP contribution in [0.15, 0.2) is 42.7 Å². The monoisotopic (exact) mass is 380 g/mol. The summed E-state index contributed by atoms with van der Waals surface area (Å²) in [6.45, 7) is 3.60. The molecule has 1 amide bonds. The molecule has 28 heavy (non-hydrogen) atoms. The zero-order valence-corrected chi connectivity index (χ0v) is 16.7. The molecule has 1 aliphatic carbocycles. The number of aromatic nitrogens is 2. The zero-order valence-electron chi connectivity index (χ0n) is 16.7. The van der Waals surface area contributed by atoms with E-state index in [1.807, 2.05) is 36.5 Å². The van der Waals surface area contributed by atoms with Gasteiger partial charge in [-0.3, -0.25) is 4.79 Å². The number of nitrogens with one attached hydrogen (secondary N) is 1. The molecule has 150 valence electrons. The third-order valence-corrected chi connectivity index (χ3v) is 6.32. The molecule has 2 aliphatic rings. The lowest BCUT2D eigenvalue weighted by molar-refractivity contribution is 0.0886. The Morgan fingerprint density at radius 3 is 2.46 bits per heavy atom. The maximum absolute atomic E-state index is 12.9. The molecule has 2 aromatic rings. The van der Waals surface area contributed by atoms with E-state index in [9.17, 15) is 4.79 Å². The summed E-state index contributed by atoms with van der Waals surface area (Å²) in [6, 6.07) is 9.91. The number of amides is 1. The van der Waals surface area contributed by atoms with Crippen molar-refractivity contribution in [3.63, 3.8) is 0 Å². The molecule has 5 heteroatoms. The lowest BCUT2D eigenvalue weighted by atomic mass is 9.84. The van der Waals surface area contributed by atoms with Crippen LogP contribution in [0.4, 0.5) is 0 Å². The van der Waals surface area contributed by atoms with Crippen molar-refractivity contribution in [3.8, 4) is 5.69 Å². The molecule has 1 aromatic heterocycles. The SMILES string of the molecule is O=C(N[C@H]1CCCC[C@@H]1CN1CCCCCC1)c1ccc(-n2cccn2)cc1. The Labute approximate surface area is 168 Å². The number of carbonyl (C=O) groups excluding carboxylic acids is 1. The number of carbonyl (C=O) groups is 1. The fourth-order valence-corrected chi connectivity index (χ4v) is 4.71. The van der Waals surface area contributed by atoms with Crippen molar-refractivity contribution < 1.29 is 4.79 Å². The van der Waals surface area contributed by atoms with E-state index in [1.54, 1.807) is 10.9 Å². The first kappa shape index (κ1) is 19.2. The van der Waals surface area contributed by atoms with E-state index in [2.05, 4.69) is 15.3 Å². The summed E-state index contributed by atoms with van der Waals surface area (Å²) in [4.78, 5) is 15.5. The van der Waals surface area contributed by atoms with Gasteiger partial charge in [0.05, 0.1) is 5.69 Å². The van der Waals surface area contributed by atoms with E-state index in [0.29, 0.717) is 12.0 Å². The van der Waals surface area contributed by atoms with E-state index in [-0.39, 0.29) is 5.91 Å². The summed E-state index contributed by atoms with van der Waals surface area (Å²) in [6.07, 6.45) is 13.9. The fraction of sp³-hybridized carbons (Fsp3) is 0.565. The van der Waals surface area contributed by atoms with Gasteiger partial charge >= 0.3 is 0 Å². The molecule has 0 spiro atoms. The smallest absolute Gasteiger partial charge is 0.251 e. The topological polar surface area (TPSA) is 50.2 Å². The molecule has 5 nitrogen and oxygen atoms in total. The number of rotatable bonds is 5. The first-order chi connectivity index (χ1) is 13.8. The van der Waals surface area contributed by atoms with Crippen molar-refractivity contribution in [3.05, 3.63) is 48.3 Å². The second-order valence-corrected chi connectivity index (χ2v) is 8.34. The Hall–Kier alpha value is -2.14. The lowest BCUT2D eigenvalue weighted by Crippen LogP contribution is -2.46. The van der Waals surface area contributed by atoms with E-state index < -0.39 is 0 Å². The summed E-state index contributed by atoms with van der Waals surface area (Å²) >= 11 is 0. The standard InChI is InChI=1S/C23H32N4O/c28-23(19-10-12-21(13-11-19)27-17-7-14-24-27)25-22-9-4-3-8-20(22)18-26-15-5-1-2-6-16-26/h7,10-14,17,20,22H,1-6,8-9,15-16,18H2,(H,25,28)/t20-,22+/m1/s1. The van der Waals surface area contributed by atoms with Crippen molar-refractivity contribution >= 4 is 5.91 Å². The van der Waals surface area contributed by atoms with Gasteiger partial charge < -0.3 is 10.2 Å². The highest BCUT2D eigenvalue weighted by Gasteiger charge is 2.28. The largest absolute Gasteiger partial charge is 0.349 e. The fourth-order valence-electron chi connectivity index (χ4n) is 4.71. The van der Waals surface area contributed by atoms with E-state index in [0.717, 1.165) is 24.2 Å². The van der Waals surface area contributed by atoms with Gasteiger partial charge in [-0.05, 0) is 75.0 Å². The molecule has 1 saturated heterocycles. The Morgan fingerprint density at radius 2 is 1.75 bits per heavy atom. The van der Waals surface area contributed by atoms with Crippen molar-refractivity contribution in [2.24, 2.45) is 5.92 Å². The van der Waals surface area contributed by atoms with Gasteiger partial charge in [0, 0.05) is 30.5 Å². The van der Waals surface area contributed by atoms with Gasteiger partial charge in [0.15, 0.2) is 0 Å². The first-order valence-corrected chi connectivity index (χ1v) is 10.9. The first-order valence-electron chi connectivity index (χ1n) is 10.9. The molecular formula is C23H32N4O. The molecule has 0 bridgehead atoms. The van der Waals surface area contributed by atoms with Crippen LogP contribution >= 0.6 is 0 Å². The maximum Gasteiger partial charge on any atom is 0.251 e. The van der Waals surface area contributed by atoms with Crippen LogP contribution in [-0.4, -0.2) is 46.3 Å². The van der Waals surface area contributed by atoms with Crippen LogP contribution in [0.1, 0.15) is 61.7 Å². The minimum Gasteiger partial charge on any atom is -0.349 e. The van der Waals surface area contributed by atoms with Gasteiger partial charge in [-0.15, -0.1) is 0 Å². The van der Waals surface area contributed by atoms with Crippen molar-refractivity contribution in [2.45, 2.75) is 57.4 Å². The van der Waals surface area contributed by atoms with Gasteiger partial charge in [-0.25, -0.2) is 4.68 Å². The zero-order chi connectivity index (χ0) is 19.2. The molecule has 1 N–H and O–H groups in total. The highest BCUT2D eigenvalue weighted by atomic mass is 16.1. The molecule has 2 fully saturated rings. The normalized spacial score (nSPS) is 23.9. The van der Waals surface area contributed by atoms with Crippen molar-refractivity contribution in [1.82, 2.24) is 20.0 Å². The number of benzene rings is 1. The van der Waals surface area contributed by atoms with Gasteiger partial charge in [0.25, 0.3) is 5.91 Å². The molecule has 1 aliphatic heterocycles. The van der Waals surface area contributed by atoms with Crippen LogP contribution in [0.2, 0.25) is 0 Å². The van der Waals surface area contributed by atoms with Crippen LogP contribution in [0, 0.1) is 5.92 Å². The highest BCUT2D eigenvalue weighted by Crippen LogP contribution is 2.26. The summed E-state index contributed by atoms with van der Waals surface area (Å²) in [7, 11) is 0. The average molecular weight is 381 g/mol. The third kappa shape index (κ3) is 4.82. The van der Waals surface area contributed by atoms with Crippen LogP contribution in [-0.2, 0) is 0 Å². The second kappa shape index (κ2) is 9.37. The number of hydrogen-bond donors (Lipinski definition) is 1. The molecule has 0 radical (unpaired) electrons. The van der Waals surface area contributed by atoms with Crippen LogP contribution in [0.25, 0.3) is 5.69 Å². The van der Waals surface area contributed by atoms with E-state index in [4.69, 9.17) is 0 Å². The van der Waals surface area contributed by atoms with Gasteiger partial charge in [0.1, 0.15) is 0 Å². The van der Waals surface area contributed by atoms with Gasteiger partial charge in [0.2, 0.25) is 0 Å². The van der Waals surface area contributed by atoms with Crippen LogP contribution in [0.5, 0.6) is 0 Å². The maximum atomic E-state index is 12.9. The Morgan fingerprint density at radius 1 is 1.00 bits per heavy atom. The number of nitrogens with zero attached hydrogens (tertiary/aromatic N) is 3. The molecule has 1 aromatic carbocycles. The molecular weight excluding hydrogens is 348 g/mol. The molecule has 1 saturated carbocycles. The quantitative estimate of drug-likeness (QED) is 0.852. The lowest BCUT2D eigenvalue weighted by Gasteiger charge is -2.35. The summed E-state index contributed by atoms with van der Waals surface area (Å²) in [5, 5.41) is 7.59. The highest BCUT2D eigenvalue weighted by molar-refractivity contribution is 5.94. The molecule has 0 unspecified atom stereocenters. The van der Waals surface area contributed by atoms with Crippen LogP contribution in [0.3, 0.4) is 0 Å². The number of hydrogen-bond acceptors (Lipinski definition) is 3.